The molecule has 1 aliphatic heterocycles. The number of halogens is 2. The number of aromatic nitrogens is 3. The summed E-state index contributed by atoms with van der Waals surface area (Å²) >= 11 is 0. The van der Waals surface area contributed by atoms with Crippen molar-refractivity contribution in [1.82, 2.24) is 25.0 Å². The van der Waals surface area contributed by atoms with Crippen LogP contribution in [0.2, 0.25) is 0 Å². The monoisotopic (exact) mass is 501 g/mol. The standard InChI is InChI=1S/C25H29F2N5O4/c1-25(8-3-4-9-29-25)14-35-20-7-10-32-17(13-28-24(32)31-20)15-11-18(34-2)21(19(12-15)36-23(26)27)22(33)30-16-5-6-16/h7,10-13,16,23,29H,3-6,8-9,14H2,1-2H3,(H,30,33). The third-order valence-corrected chi connectivity index (χ3v) is 6.54. The summed E-state index contributed by atoms with van der Waals surface area (Å²) in [5, 5.41) is 6.30. The van der Waals surface area contributed by atoms with Gasteiger partial charge in [-0.1, -0.05) is 6.42 Å². The van der Waals surface area contributed by atoms with E-state index in [0.717, 1.165) is 38.6 Å². The first-order valence-corrected chi connectivity index (χ1v) is 12.1. The average molecular weight is 502 g/mol. The van der Waals surface area contributed by atoms with Gasteiger partial charge in [0.1, 0.15) is 23.7 Å². The molecule has 9 nitrogen and oxygen atoms in total. The quantitative estimate of drug-likeness (QED) is 0.460. The lowest BCUT2D eigenvalue weighted by Gasteiger charge is -2.34. The van der Waals surface area contributed by atoms with Crippen molar-refractivity contribution in [2.24, 2.45) is 0 Å². The molecule has 2 N–H and O–H groups in total. The first-order valence-electron chi connectivity index (χ1n) is 12.1. The number of amides is 1. The molecule has 5 rings (SSSR count). The highest BCUT2D eigenvalue weighted by Crippen LogP contribution is 2.37. The predicted octanol–water partition coefficient (Wildman–Crippen LogP) is 3.81. The molecule has 1 saturated heterocycles. The Kier molecular flexibility index (Phi) is 6.65. The second-order valence-electron chi connectivity index (χ2n) is 9.49. The van der Waals surface area contributed by atoms with Crippen molar-refractivity contribution < 1.29 is 27.8 Å². The first kappa shape index (κ1) is 24.2. The van der Waals surface area contributed by atoms with Gasteiger partial charge < -0.3 is 24.8 Å². The average Bonchev–Trinajstić information content (AvgIpc) is 3.57. The van der Waals surface area contributed by atoms with E-state index in [1.165, 1.54) is 13.2 Å². The Hall–Kier alpha value is -3.47. The van der Waals surface area contributed by atoms with E-state index in [0.29, 0.717) is 29.5 Å². The topological polar surface area (TPSA) is 99.0 Å². The number of alkyl halides is 2. The summed E-state index contributed by atoms with van der Waals surface area (Å²) in [5.41, 5.74) is 0.877. The number of piperidine rings is 1. The fourth-order valence-corrected chi connectivity index (χ4v) is 4.42. The minimum atomic E-state index is -3.11. The van der Waals surface area contributed by atoms with Crippen LogP contribution in [-0.2, 0) is 0 Å². The number of nitrogens with one attached hydrogen (secondary N) is 2. The zero-order valence-electron chi connectivity index (χ0n) is 20.2. The van der Waals surface area contributed by atoms with Gasteiger partial charge in [0.15, 0.2) is 0 Å². The highest BCUT2D eigenvalue weighted by Gasteiger charge is 2.30. The van der Waals surface area contributed by atoms with Gasteiger partial charge in [0.25, 0.3) is 5.91 Å². The van der Waals surface area contributed by atoms with Crippen LogP contribution in [0.25, 0.3) is 17.0 Å². The zero-order chi connectivity index (χ0) is 25.3. The van der Waals surface area contributed by atoms with Crippen LogP contribution in [0.1, 0.15) is 49.4 Å². The van der Waals surface area contributed by atoms with Crippen LogP contribution >= 0.6 is 0 Å². The summed E-state index contributed by atoms with van der Waals surface area (Å²) in [7, 11) is 1.38. The fourth-order valence-electron chi connectivity index (χ4n) is 4.42. The van der Waals surface area contributed by atoms with Gasteiger partial charge in [-0.25, -0.2) is 4.98 Å². The molecular formula is C25H29F2N5O4. The Balaban J connectivity index is 1.44. The minimum Gasteiger partial charge on any atom is -0.496 e. The molecule has 0 radical (unpaired) electrons. The minimum absolute atomic E-state index is 0.0408. The van der Waals surface area contributed by atoms with Crippen molar-refractivity contribution in [2.45, 2.75) is 57.2 Å². The zero-order valence-corrected chi connectivity index (χ0v) is 20.2. The van der Waals surface area contributed by atoms with Crippen LogP contribution in [-0.4, -0.2) is 58.7 Å². The first-order chi connectivity index (χ1) is 17.3. The van der Waals surface area contributed by atoms with Gasteiger partial charge in [0, 0.05) is 29.4 Å². The molecule has 1 unspecified atom stereocenters. The van der Waals surface area contributed by atoms with E-state index in [2.05, 4.69) is 27.5 Å². The summed E-state index contributed by atoms with van der Waals surface area (Å²) in [5.74, 6) is 0.167. The number of rotatable bonds is 9. The molecule has 0 spiro atoms. The Bertz CT molecular complexity index is 1250. The molecule has 1 saturated carbocycles. The Morgan fingerprint density at radius 2 is 2.11 bits per heavy atom. The highest BCUT2D eigenvalue weighted by atomic mass is 19.3. The molecule has 1 aromatic carbocycles. The van der Waals surface area contributed by atoms with E-state index in [1.807, 2.05) is 0 Å². The number of carbonyl (C=O) groups is 1. The van der Waals surface area contributed by atoms with E-state index < -0.39 is 12.5 Å². The van der Waals surface area contributed by atoms with Crippen LogP contribution in [0.5, 0.6) is 17.4 Å². The summed E-state index contributed by atoms with van der Waals surface area (Å²) in [6.07, 6.45) is 8.39. The predicted molar refractivity (Wildman–Crippen MR) is 128 cm³/mol. The molecule has 2 aliphatic rings. The Morgan fingerprint density at radius 3 is 2.81 bits per heavy atom. The van der Waals surface area contributed by atoms with Gasteiger partial charge in [-0.15, -0.1) is 0 Å². The van der Waals surface area contributed by atoms with Crippen molar-refractivity contribution in [2.75, 3.05) is 20.3 Å². The molecule has 192 valence electrons. The van der Waals surface area contributed by atoms with E-state index >= 15 is 0 Å². The van der Waals surface area contributed by atoms with Crippen LogP contribution in [0.4, 0.5) is 8.78 Å². The molecule has 2 aromatic heterocycles. The van der Waals surface area contributed by atoms with Gasteiger partial charge >= 0.3 is 6.61 Å². The number of hydrogen-bond donors (Lipinski definition) is 2. The van der Waals surface area contributed by atoms with Crippen LogP contribution in [0, 0.1) is 0 Å². The number of benzene rings is 1. The SMILES string of the molecule is COc1cc(-c2cnc3nc(OCC4(C)CCCCN4)ccn23)cc(OC(F)F)c1C(=O)NC1CC1. The van der Waals surface area contributed by atoms with Gasteiger partial charge in [0.05, 0.1) is 19.0 Å². The summed E-state index contributed by atoms with van der Waals surface area (Å²) in [6, 6.07) is 4.76. The van der Waals surface area contributed by atoms with Crippen molar-refractivity contribution in [3.05, 3.63) is 36.2 Å². The normalized spacial score (nSPS) is 19.9. The third kappa shape index (κ3) is 5.20. The molecule has 1 amide bonds. The fraction of sp³-hybridized carbons (Fsp3) is 0.480. The van der Waals surface area contributed by atoms with Crippen molar-refractivity contribution in [3.8, 4) is 28.6 Å². The molecule has 2 fully saturated rings. The number of nitrogens with zero attached hydrogens (tertiary/aromatic N) is 3. The largest absolute Gasteiger partial charge is 0.496 e. The van der Waals surface area contributed by atoms with Gasteiger partial charge in [-0.05, 0) is 51.3 Å². The molecule has 3 heterocycles. The summed E-state index contributed by atoms with van der Waals surface area (Å²) < 4.78 is 44.3. The smallest absolute Gasteiger partial charge is 0.387 e. The van der Waals surface area contributed by atoms with Crippen LogP contribution in [0.15, 0.2) is 30.6 Å². The number of hydrogen-bond acceptors (Lipinski definition) is 7. The lowest BCUT2D eigenvalue weighted by Crippen LogP contribution is -2.50. The van der Waals surface area contributed by atoms with E-state index in [4.69, 9.17) is 14.2 Å². The summed E-state index contributed by atoms with van der Waals surface area (Å²) in [6.45, 7) is 0.484. The molecule has 11 heteroatoms. The van der Waals surface area contributed by atoms with Crippen LogP contribution < -0.4 is 24.8 Å². The molecular weight excluding hydrogens is 472 g/mol. The van der Waals surface area contributed by atoms with Crippen LogP contribution in [0.3, 0.4) is 0 Å². The maximum absolute atomic E-state index is 13.2. The van der Waals surface area contributed by atoms with Crippen molar-refractivity contribution >= 4 is 11.7 Å². The van der Waals surface area contributed by atoms with Gasteiger partial charge in [0.2, 0.25) is 11.7 Å². The maximum Gasteiger partial charge on any atom is 0.387 e. The lowest BCUT2D eigenvalue weighted by molar-refractivity contribution is -0.0502. The number of methoxy groups -OCH3 is 1. The lowest BCUT2D eigenvalue weighted by atomic mass is 9.92. The van der Waals surface area contributed by atoms with E-state index in [1.54, 1.807) is 28.9 Å². The number of ether oxygens (including phenoxy) is 3. The number of fused-ring (bicyclic) bond motifs is 1. The molecule has 3 aromatic rings. The molecule has 1 aliphatic carbocycles. The number of carbonyl (C=O) groups excluding carboxylic acids is 1. The van der Waals surface area contributed by atoms with Crippen molar-refractivity contribution in [1.29, 1.82) is 0 Å². The summed E-state index contributed by atoms with van der Waals surface area (Å²) in [4.78, 5) is 21.6. The van der Waals surface area contributed by atoms with Gasteiger partial charge in [-0.3, -0.25) is 9.20 Å². The molecule has 0 bridgehead atoms. The Morgan fingerprint density at radius 1 is 1.31 bits per heavy atom. The maximum atomic E-state index is 13.2. The number of imidazole rings is 1. The van der Waals surface area contributed by atoms with E-state index in [9.17, 15) is 13.6 Å². The van der Waals surface area contributed by atoms with E-state index in [-0.39, 0.29) is 28.6 Å². The van der Waals surface area contributed by atoms with Gasteiger partial charge in [-0.2, -0.15) is 13.8 Å². The third-order valence-electron chi connectivity index (χ3n) is 6.54. The second-order valence-corrected chi connectivity index (χ2v) is 9.49. The molecule has 36 heavy (non-hydrogen) atoms. The molecule has 1 atom stereocenters. The highest BCUT2D eigenvalue weighted by molar-refractivity contribution is 6.01. The van der Waals surface area contributed by atoms with Crippen molar-refractivity contribution in [3.63, 3.8) is 0 Å². The Labute approximate surface area is 207 Å². The second kappa shape index (κ2) is 9.88.